The average molecular weight is 331 g/mol. The van der Waals surface area contributed by atoms with E-state index in [-0.39, 0.29) is 16.6 Å². The summed E-state index contributed by atoms with van der Waals surface area (Å²) in [6.07, 6.45) is 1.37. The number of aliphatic carboxylic acids is 1. The third-order valence-electron chi connectivity index (χ3n) is 1.91. The minimum atomic E-state index is -0.943. The lowest BCUT2D eigenvalue weighted by Crippen LogP contribution is -2.13. The number of carbonyl (C=O) groups excluding carboxylic acids is 1. The van der Waals surface area contributed by atoms with Crippen LogP contribution in [-0.4, -0.2) is 37.9 Å². The zero-order valence-electron chi connectivity index (χ0n) is 9.74. The van der Waals surface area contributed by atoms with Crippen LogP contribution in [0.3, 0.4) is 0 Å². The Balaban J connectivity index is 1.97. The molecule has 0 fully saturated rings. The van der Waals surface area contributed by atoms with Crippen LogP contribution in [0.2, 0.25) is 5.02 Å². The first-order valence-electron chi connectivity index (χ1n) is 5.15. The lowest BCUT2D eigenvalue weighted by Gasteiger charge is -1.99. The fraction of sp³-hybridized carbons (Fsp3) is 0.100. The summed E-state index contributed by atoms with van der Waals surface area (Å²) in [5, 5.41) is 19.3. The fourth-order valence-electron chi connectivity index (χ4n) is 1.11. The zero-order valence-corrected chi connectivity index (χ0v) is 12.1. The second kappa shape index (κ2) is 6.64. The van der Waals surface area contributed by atoms with Gasteiger partial charge in [0.15, 0.2) is 4.34 Å². The van der Waals surface area contributed by atoms with Crippen LogP contribution in [0, 0.1) is 0 Å². The molecule has 0 saturated heterocycles. The molecule has 104 valence electrons. The number of hydrogen-bond donors (Lipinski definition) is 2. The van der Waals surface area contributed by atoms with Crippen molar-refractivity contribution in [2.24, 2.45) is 0 Å². The van der Waals surface area contributed by atoms with E-state index in [1.807, 2.05) is 0 Å². The predicted octanol–water partition coefficient (Wildman–Crippen LogP) is 2.02. The maximum absolute atomic E-state index is 11.8. The molecule has 0 saturated carbocycles. The molecule has 0 spiro atoms. The molecule has 2 aromatic rings. The first-order valence-corrected chi connectivity index (χ1v) is 7.33. The number of carboxylic acid groups (broad SMARTS) is 1. The van der Waals surface area contributed by atoms with Crippen molar-refractivity contribution in [3.05, 3.63) is 29.0 Å². The van der Waals surface area contributed by atoms with Gasteiger partial charge in [0.2, 0.25) is 5.13 Å². The molecule has 0 atom stereocenters. The maximum Gasteiger partial charge on any atom is 0.313 e. The number of nitrogens with one attached hydrogen (secondary N) is 1. The Morgan fingerprint density at radius 1 is 1.40 bits per heavy atom. The summed E-state index contributed by atoms with van der Waals surface area (Å²) in [5.74, 6) is -1.49. The summed E-state index contributed by atoms with van der Waals surface area (Å²) in [7, 11) is 0. The number of halogens is 1. The Hall–Kier alpha value is -1.71. The first-order chi connectivity index (χ1) is 9.54. The maximum atomic E-state index is 11.8. The second-order valence-corrected chi connectivity index (χ2v) is 6.01. The number of thioether (sulfide) groups is 1. The molecule has 1 amide bonds. The van der Waals surface area contributed by atoms with Gasteiger partial charge in [0.25, 0.3) is 5.91 Å². The minimum Gasteiger partial charge on any atom is -0.481 e. The van der Waals surface area contributed by atoms with Crippen molar-refractivity contribution in [2.75, 3.05) is 11.1 Å². The normalized spacial score (nSPS) is 10.2. The number of nitrogens with zero attached hydrogens (tertiary/aromatic N) is 3. The molecule has 0 unspecified atom stereocenters. The Labute approximate surface area is 126 Å². The molecular formula is C10H7ClN4O3S2. The topological polar surface area (TPSA) is 105 Å². The molecule has 7 nitrogen and oxygen atoms in total. The van der Waals surface area contributed by atoms with Crippen LogP contribution in [0.5, 0.6) is 0 Å². The molecule has 2 heterocycles. The highest BCUT2D eigenvalue weighted by Crippen LogP contribution is 2.25. The quantitative estimate of drug-likeness (QED) is 0.638. The van der Waals surface area contributed by atoms with E-state index in [9.17, 15) is 9.59 Å². The van der Waals surface area contributed by atoms with E-state index in [1.54, 1.807) is 6.07 Å². The molecule has 2 N–H and O–H groups in total. The van der Waals surface area contributed by atoms with Crippen molar-refractivity contribution in [2.45, 2.75) is 4.34 Å². The number of aromatic nitrogens is 3. The lowest BCUT2D eigenvalue weighted by atomic mass is 10.3. The summed E-state index contributed by atoms with van der Waals surface area (Å²) in [5.41, 5.74) is 0.198. The standard InChI is InChI=1S/C10H7ClN4O3S2/c11-5-1-2-6(12-3-5)8(18)13-9-14-15-10(20-9)19-4-7(16)17/h1-3H,4H2,(H,16,17)(H,13,14,18). The molecule has 0 aliphatic rings. The molecule has 0 aromatic carbocycles. The Morgan fingerprint density at radius 3 is 2.85 bits per heavy atom. The number of amides is 1. The highest BCUT2D eigenvalue weighted by atomic mass is 35.5. The van der Waals surface area contributed by atoms with Crippen molar-refractivity contribution < 1.29 is 14.7 Å². The molecule has 0 bridgehead atoms. The van der Waals surface area contributed by atoms with Gasteiger partial charge in [0, 0.05) is 6.20 Å². The summed E-state index contributed by atoms with van der Waals surface area (Å²) < 4.78 is 0.465. The van der Waals surface area contributed by atoms with Crippen LogP contribution in [-0.2, 0) is 4.79 Å². The van der Waals surface area contributed by atoms with E-state index < -0.39 is 11.9 Å². The highest BCUT2D eigenvalue weighted by molar-refractivity contribution is 8.01. The van der Waals surface area contributed by atoms with E-state index >= 15 is 0 Å². The van der Waals surface area contributed by atoms with Gasteiger partial charge in [0.1, 0.15) is 5.69 Å². The molecular weight excluding hydrogens is 324 g/mol. The van der Waals surface area contributed by atoms with Gasteiger partial charge < -0.3 is 5.11 Å². The van der Waals surface area contributed by atoms with Crippen LogP contribution in [0.15, 0.2) is 22.7 Å². The molecule has 20 heavy (non-hydrogen) atoms. The molecule has 0 aliphatic heterocycles. The van der Waals surface area contributed by atoms with E-state index in [1.165, 1.54) is 12.3 Å². The van der Waals surface area contributed by atoms with Crippen LogP contribution in [0.25, 0.3) is 0 Å². The van der Waals surface area contributed by atoms with Gasteiger partial charge in [0.05, 0.1) is 10.8 Å². The van der Waals surface area contributed by atoms with Crippen LogP contribution < -0.4 is 5.32 Å². The average Bonchev–Trinajstić information content (AvgIpc) is 2.84. The Bertz CT molecular complexity index is 632. The van der Waals surface area contributed by atoms with Gasteiger partial charge >= 0.3 is 5.97 Å². The summed E-state index contributed by atoms with van der Waals surface area (Å²) in [4.78, 5) is 26.1. The van der Waals surface area contributed by atoms with E-state index in [0.717, 1.165) is 23.1 Å². The van der Waals surface area contributed by atoms with Gasteiger partial charge in [-0.15, -0.1) is 10.2 Å². The monoisotopic (exact) mass is 330 g/mol. The minimum absolute atomic E-state index is 0.110. The lowest BCUT2D eigenvalue weighted by molar-refractivity contribution is -0.133. The van der Waals surface area contributed by atoms with Gasteiger partial charge in [-0.3, -0.25) is 14.9 Å². The van der Waals surface area contributed by atoms with Crippen molar-refractivity contribution in [3.8, 4) is 0 Å². The van der Waals surface area contributed by atoms with Crippen molar-refractivity contribution in [1.29, 1.82) is 0 Å². The molecule has 2 rings (SSSR count). The van der Waals surface area contributed by atoms with Crippen molar-refractivity contribution >= 4 is 51.7 Å². The van der Waals surface area contributed by atoms with E-state index in [2.05, 4.69) is 20.5 Å². The number of anilines is 1. The van der Waals surface area contributed by atoms with Gasteiger partial charge in [-0.05, 0) is 12.1 Å². The molecule has 10 heteroatoms. The third kappa shape index (κ3) is 4.15. The van der Waals surface area contributed by atoms with Gasteiger partial charge in [-0.25, -0.2) is 4.98 Å². The number of rotatable bonds is 5. The number of pyridine rings is 1. The van der Waals surface area contributed by atoms with Crippen LogP contribution >= 0.6 is 34.7 Å². The predicted molar refractivity (Wildman–Crippen MR) is 75.5 cm³/mol. The third-order valence-corrected chi connectivity index (χ3v) is 4.09. The summed E-state index contributed by atoms with van der Waals surface area (Å²) >= 11 is 7.80. The Morgan fingerprint density at radius 2 is 2.20 bits per heavy atom. The molecule has 0 radical (unpaired) electrons. The van der Waals surface area contributed by atoms with Gasteiger partial charge in [-0.1, -0.05) is 34.7 Å². The highest BCUT2D eigenvalue weighted by Gasteiger charge is 2.12. The Kier molecular flexibility index (Phi) is 4.88. The zero-order chi connectivity index (χ0) is 14.5. The van der Waals surface area contributed by atoms with E-state index in [0.29, 0.717) is 9.36 Å². The molecule has 2 aromatic heterocycles. The molecule has 0 aliphatic carbocycles. The van der Waals surface area contributed by atoms with Crippen molar-refractivity contribution in [3.63, 3.8) is 0 Å². The number of hydrogen-bond acceptors (Lipinski definition) is 7. The number of carboxylic acids is 1. The largest absolute Gasteiger partial charge is 0.481 e. The van der Waals surface area contributed by atoms with Crippen LogP contribution in [0.1, 0.15) is 10.5 Å². The smallest absolute Gasteiger partial charge is 0.313 e. The van der Waals surface area contributed by atoms with E-state index in [4.69, 9.17) is 16.7 Å². The van der Waals surface area contributed by atoms with Gasteiger partial charge in [-0.2, -0.15) is 0 Å². The first kappa shape index (κ1) is 14.7. The number of carbonyl (C=O) groups is 2. The fourth-order valence-corrected chi connectivity index (χ4v) is 2.69. The SMILES string of the molecule is O=C(O)CSc1nnc(NC(=O)c2ccc(Cl)cn2)s1. The summed E-state index contributed by atoms with van der Waals surface area (Å²) in [6.45, 7) is 0. The van der Waals surface area contributed by atoms with Crippen molar-refractivity contribution in [1.82, 2.24) is 15.2 Å². The summed E-state index contributed by atoms with van der Waals surface area (Å²) in [6, 6.07) is 3.04. The van der Waals surface area contributed by atoms with Crippen LogP contribution in [0.4, 0.5) is 5.13 Å². The second-order valence-electron chi connectivity index (χ2n) is 3.37.